The number of anilines is 1. The SMILES string of the molecule is CC(C)Oc1ccccc1-c1cc(-c2ccccc2N)[nH]n1. The fourth-order valence-corrected chi connectivity index (χ4v) is 2.37. The Balaban J connectivity index is 2.00. The molecule has 3 rings (SSSR count). The van der Waals surface area contributed by atoms with Crippen molar-refractivity contribution in [3.05, 3.63) is 54.6 Å². The van der Waals surface area contributed by atoms with Crippen molar-refractivity contribution in [1.29, 1.82) is 0 Å². The Kier molecular flexibility index (Phi) is 3.83. The molecule has 0 saturated carbocycles. The number of nitrogens with one attached hydrogen (secondary N) is 1. The Hall–Kier alpha value is -2.75. The first kappa shape index (κ1) is 14.2. The molecule has 3 N–H and O–H groups in total. The lowest BCUT2D eigenvalue weighted by molar-refractivity contribution is 0.243. The van der Waals surface area contributed by atoms with Crippen LogP contribution in [0.25, 0.3) is 22.5 Å². The zero-order chi connectivity index (χ0) is 15.5. The van der Waals surface area contributed by atoms with Crippen LogP contribution in [-0.4, -0.2) is 16.3 Å². The van der Waals surface area contributed by atoms with Gasteiger partial charge in [0.05, 0.1) is 17.5 Å². The Morgan fingerprint density at radius 2 is 1.68 bits per heavy atom. The highest BCUT2D eigenvalue weighted by molar-refractivity contribution is 5.77. The van der Waals surface area contributed by atoms with E-state index in [2.05, 4.69) is 10.2 Å². The number of nitrogens with two attached hydrogens (primary N) is 1. The summed E-state index contributed by atoms with van der Waals surface area (Å²) in [6.45, 7) is 4.02. The first-order valence-electron chi connectivity index (χ1n) is 7.31. The fourth-order valence-electron chi connectivity index (χ4n) is 2.37. The molecule has 0 saturated heterocycles. The number of aromatic nitrogens is 2. The number of benzene rings is 2. The van der Waals surface area contributed by atoms with Gasteiger partial charge >= 0.3 is 0 Å². The molecule has 0 spiro atoms. The van der Waals surface area contributed by atoms with E-state index in [9.17, 15) is 0 Å². The maximum atomic E-state index is 6.02. The minimum atomic E-state index is 0.115. The van der Waals surface area contributed by atoms with Gasteiger partial charge in [-0.05, 0) is 38.1 Å². The van der Waals surface area contributed by atoms with E-state index in [1.54, 1.807) is 0 Å². The van der Waals surface area contributed by atoms with E-state index in [1.165, 1.54) is 0 Å². The number of H-pyrrole nitrogens is 1. The summed E-state index contributed by atoms with van der Waals surface area (Å²) in [6.07, 6.45) is 0.115. The van der Waals surface area contributed by atoms with Crippen molar-refractivity contribution in [3.63, 3.8) is 0 Å². The summed E-state index contributed by atoms with van der Waals surface area (Å²) in [7, 11) is 0. The number of rotatable bonds is 4. The Labute approximate surface area is 129 Å². The van der Waals surface area contributed by atoms with Gasteiger partial charge in [0.2, 0.25) is 0 Å². The molecule has 0 fully saturated rings. The number of ether oxygens (including phenoxy) is 1. The number of hydrogen-bond acceptors (Lipinski definition) is 3. The third-order valence-electron chi connectivity index (χ3n) is 3.35. The van der Waals surface area contributed by atoms with Crippen molar-refractivity contribution in [2.24, 2.45) is 0 Å². The van der Waals surface area contributed by atoms with E-state index < -0.39 is 0 Å². The summed E-state index contributed by atoms with van der Waals surface area (Å²) in [5.41, 5.74) is 10.4. The second-order valence-corrected chi connectivity index (χ2v) is 5.42. The van der Waals surface area contributed by atoms with Crippen LogP contribution in [0.5, 0.6) is 5.75 Å². The quantitative estimate of drug-likeness (QED) is 0.711. The van der Waals surface area contributed by atoms with Crippen LogP contribution in [-0.2, 0) is 0 Å². The lowest BCUT2D eigenvalue weighted by Crippen LogP contribution is -2.06. The van der Waals surface area contributed by atoms with E-state index in [0.717, 1.165) is 34.0 Å². The monoisotopic (exact) mass is 293 g/mol. The molecule has 0 aliphatic rings. The van der Waals surface area contributed by atoms with Crippen LogP contribution >= 0.6 is 0 Å². The molecule has 0 aliphatic carbocycles. The minimum Gasteiger partial charge on any atom is -0.490 e. The van der Waals surface area contributed by atoms with E-state index in [-0.39, 0.29) is 6.10 Å². The van der Waals surface area contributed by atoms with E-state index in [0.29, 0.717) is 0 Å². The third kappa shape index (κ3) is 2.81. The molecule has 0 atom stereocenters. The lowest BCUT2D eigenvalue weighted by Gasteiger charge is -2.12. The fraction of sp³-hybridized carbons (Fsp3) is 0.167. The van der Waals surface area contributed by atoms with Gasteiger partial charge in [0.25, 0.3) is 0 Å². The molecule has 2 aromatic carbocycles. The molecule has 0 amide bonds. The molecule has 1 heterocycles. The van der Waals surface area contributed by atoms with Crippen LogP contribution < -0.4 is 10.5 Å². The van der Waals surface area contributed by atoms with Crippen LogP contribution in [0.1, 0.15) is 13.8 Å². The van der Waals surface area contributed by atoms with Crippen molar-refractivity contribution in [3.8, 4) is 28.3 Å². The maximum absolute atomic E-state index is 6.02. The van der Waals surface area contributed by atoms with Gasteiger partial charge in [-0.15, -0.1) is 0 Å². The van der Waals surface area contributed by atoms with Crippen LogP contribution in [0.3, 0.4) is 0 Å². The van der Waals surface area contributed by atoms with Crippen LogP contribution in [0.4, 0.5) is 5.69 Å². The van der Waals surface area contributed by atoms with E-state index >= 15 is 0 Å². The minimum absolute atomic E-state index is 0.115. The second kappa shape index (κ2) is 5.93. The van der Waals surface area contributed by atoms with Crippen molar-refractivity contribution >= 4 is 5.69 Å². The van der Waals surface area contributed by atoms with Gasteiger partial charge < -0.3 is 10.5 Å². The smallest absolute Gasteiger partial charge is 0.129 e. The summed E-state index contributed by atoms with van der Waals surface area (Å²) in [5.74, 6) is 0.830. The standard InChI is InChI=1S/C18H19N3O/c1-12(2)22-18-10-6-4-8-14(18)17-11-16(20-21-17)13-7-3-5-9-15(13)19/h3-12H,19H2,1-2H3,(H,20,21). The number of para-hydroxylation sites is 2. The first-order valence-corrected chi connectivity index (χ1v) is 7.31. The molecule has 0 aliphatic heterocycles. The number of nitrogen functional groups attached to an aromatic ring is 1. The molecule has 0 bridgehead atoms. The highest BCUT2D eigenvalue weighted by Gasteiger charge is 2.12. The molecule has 0 radical (unpaired) electrons. The maximum Gasteiger partial charge on any atom is 0.129 e. The highest BCUT2D eigenvalue weighted by Crippen LogP contribution is 2.32. The largest absolute Gasteiger partial charge is 0.490 e. The molecule has 4 nitrogen and oxygen atoms in total. The number of hydrogen-bond donors (Lipinski definition) is 2. The molecule has 112 valence electrons. The van der Waals surface area contributed by atoms with Crippen LogP contribution in [0.2, 0.25) is 0 Å². The van der Waals surface area contributed by atoms with Gasteiger partial charge in [-0.2, -0.15) is 5.10 Å². The lowest BCUT2D eigenvalue weighted by atomic mass is 10.1. The average molecular weight is 293 g/mol. The summed E-state index contributed by atoms with van der Waals surface area (Å²) < 4.78 is 5.86. The van der Waals surface area contributed by atoms with Crippen molar-refractivity contribution < 1.29 is 4.74 Å². The van der Waals surface area contributed by atoms with Gasteiger partial charge in [-0.3, -0.25) is 5.10 Å². The summed E-state index contributed by atoms with van der Waals surface area (Å²) in [6, 6.07) is 17.6. The summed E-state index contributed by atoms with van der Waals surface area (Å²) in [5, 5.41) is 7.47. The second-order valence-electron chi connectivity index (χ2n) is 5.42. The van der Waals surface area contributed by atoms with Crippen LogP contribution in [0.15, 0.2) is 54.6 Å². The molecule has 22 heavy (non-hydrogen) atoms. The normalized spacial score (nSPS) is 10.9. The molecule has 1 aromatic heterocycles. The Morgan fingerprint density at radius 3 is 2.41 bits per heavy atom. The van der Waals surface area contributed by atoms with Crippen molar-refractivity contribution in [2.45, 2.75) is 20.0 Å². The van der Waals surface area contributed by atoms with E-state index in [1.807, 2.05) is 68.4 Å². The Bertz CT molecular complexity index is 777. The van der Waals surface area contributed by atoms with E-state index in [4.69, 9.17) is 10.5 Å². The van der Waals surface area contributed by atoms with Crippen molar-refractivity contribution in [1.82, 2.24) is 10.2 Å². The molecule has 0 unspecified atom stereocenters. The van der Waals surface area contributed by atoms with Crippen molar-refractivity contribution in [2.75, 3.05) is 5.73 Å². The molecular formula is C18H19N3O. The van der Waals surface area contributed by atoms with Gasteiger partial charge in [0, 0.05) is 16.8 Å². The summed E-state index contributed by atoms with van der Waals surface area (Å²) >= 11 is 0. The third-order valence-corrected chi connectivity index (χ3v) is 3.35. The molecule has 3 aromatic rings. The van der Waals surface area contributed by atoms with Gasteiger partial charge in [-0.25, -0.2) is 0 Å². The number of aromatic amines is 1. The predicted molar refractivity (Wildman–Crippen MR) is 89.6 cm³/mol. The topological polar surface area (TPSA) is 63.9 Å². The molecule has 4 heteroatoms. The van der Waals surface area contributed by atoms with Gasteiger partial charge in [0.1, 0.15) is 5.75 Å². The zero-order valence-electron chi connectivity index (χ0n) is 12.7. The average Bonchev–Trinajstić information content (AvgIpc) is 2.97. The summed E-state index contributed by atoms with van der Waals surface area (Å²) in [4.78, 5) is 0. The highest BCUT2D eigenvalue weighted by atomic mass is 16.5. The molecular weight excluding hydrogens is 274 g/mol. The van der Waals surface area contributed by atoms with Crippen LogP contribution in [0, 0.1) is 0 Å². The zero-order valence-corrected chi connectivity index (χ0v) is 12.7. The number of nitrogens with zero attached hydrogens (tertiary/aromatic N) is 1. The van der Waals surface area contributed by atoms with Gasteiger partial charge in [-0.1, -0.05) is 30.3 Å². The Morgan fingerprint density at radius 1 is 1.00 bits per heavy atom. The first-order chi connectivity index (χ1) is 10.6. The predicted octanol–water partition coefficient (Wildman–Crippen LogP) is 4.11. The van der Waals surface area contributed by atoms with Gasteiger partial charge in [0.15, 0.2) is 0 Å².